The summed E-state index contributed by atoms with van der Waals surface area (Å²) >= 11 is 6.17. The molecule has 2 unspecified atom stereocenters. The van der Waals surface area contributed by atoms with Crippen LogP contribution in [0.4, 0.5) is 0 Å². The Morgan fingerprint density at radius 3 is 3.00 bits per heavy atom. The molecule has 1 saturated heterocycles. The molecule has 1 aliphatic rings. The maximum atomic E-state index is 6.17. The Labute approximate surface area is 102 Å². The molecule has 0 radical (unpaired) electrons. The van der Waals surface area contributed by atoms with Crippen LogP contribution in [-0.4, -0.2) is 19.2 Å². The summed E-state index contributed by atoms with van der Waals surface area (Å²) in [7, 11) is 0. The van der Waals surface area contributed by atoms with Gasteiger partial charge in [0, 0.05) is 29.8 Å². The molecular formula is C13H18ClNO. The molecule has 0 amide bonds. The zero-order valence-corrected chi connectivity index (χ0v) is 10.3. The number of rotatable bonds is 2. The first-order valence-corrected chi connectivity index (χ1v) is 6.28. The van der Waals surface area contributed by atoms with E-state index in [4.69, 9.17) is 16.3 Å². The quantitative estimate of drug-likeness (QED) is 0.856. The number of benzene rings is 1. The average Bonchev–Trinajstić information content (AvgIpc) is 2.55. The van der Waals surface area contributed by atoms with Gasteiger partial charge in [-0.1, -0.05) is 36.7 Å². The molecule has 3 heteroatoms. The van der Waals surface area contributed by atoms with E-state index in [-0.39, 0.29) is 6.10 Å². The van der Waals surface area contributed by atoms with Crippen molar-refractivity contribution in [2.24, 2.45) is 0 Å². The predicted molar refractivity (Wildman–Crippen MR) is 66.8 cm³/mol. The van der Waals surface area contributed by atoms with Crippen LogP contribution >= 0.6 is 11.6 Å². The van der Waals surface area contributed by atoms with Gasteiger partial charge in [0.15, 0.2) is 0 Å². The van der Waals surface area contributed by atoms with E-state index in [2.05, 4.69) is 12.2 Å². The van der Waals surface area contributed by atoms with Crippen LogP contribution in [0.1, 0.15) is 31.4 Å². The van der Waals surface area contributed by atoms with Crippen molar-refractivity contribution in [2.45, 2.75) is 31.9 Å². The van der Waals surface area contributed by atoms with E-state index in [1.54, 1.807) is 0 Å². The molecule has 0 aromatic heterocycles. The topological polar surface area (TPSA) is 21.3 Å². The van der Waals surface area contributed by atoms with Crippen LogP contribution in [-0.2, 0) is 4.74 Å². The first-order valence-electron chi connectivity index (χ1n) is 5.90. The van der Waals surface area contributed by atoms with Crippen molar-refractivity contribution in [1.29, 1.82) is 0 Å². The Kier molecular flexibility index (Phi) is 4.22. The van der Waals surface area contributed by atoms with Crippen molar-refractivity contribution in [1.82, 2.24) is 5.32 Å². The van der Waals surface area contributed by atoms with Gasteiger partial charge in [0.05, 0.1) is 6.10 Å². The fraction of sp³-hybridized carbons (Fsp3) is 0.538. The van der Waals surface area contributed by atoms with Crippen LogP contribution in [0.2, 0.25) is 5.02 Å². The van der Waals surface area contributed by atoms with Crippen molar-refractivity contribution < 1.29 is 4.74 Å². The first-order chi connectivity index (χ1) is 7.81. The van der Waals surface area contributed by atoms with Crippen molar-refractivity contribution in [3.05, 3.63) is 34.9 Å². The second-order valence-electron chi connectivity index (χ2n) is 4.18. The minimum atomic E-state index is 0.0882. The minimum Gasteiger partial charge on any atom is -0.372 e. The van der Waals surface area contributed by atoms with Crippen LogP contribution in [0.5, 0.6) is 0 Å². The van der Waals surface area contributed by atoms with E-state index >= 15 is 0 Å². The number of nitrogens with one attached hydrogen (secondary N) is 1. The highest BCUT2D eigenvalue weighted by molar-refractivity contribution is 6.31. The monoisotopic (exact) mass is 239 g/mol. The van der Waals surface area contributed by atoms with Gasteiger partial charge in [-0.2, -0.15) is 0 Å². The SMILES string of the molecule is CCC1CCOC(c2ccccc2Cl)CN1. The molecule has 1 N–H and O–H groups in total. The van der Waals surface area contributed by atoms with Gasteiger partial charge in [0.1, 0.15) is 0 Å². The summed E-state index contributed by atoms with van der Waals surface area (Å²) in [6, 6.07) is 8.49. The fourth-order valence-corrected chi connectivity index (χ4v) is 2.33. The molecule has 1 aliphatic heterocycles. The summed E-state index contributed by atoms with van der Waals surface area (Å²) in [5.74, 6) is 0. The Balaban J connectivity index is 2.08. The Morgan fingerprint density at radius 2 is 2.25 bits per heavy atom. The van der Waals surface area contributed by atoms with Gasteiger partial charge in [0.25, 0.3) is 0 Å². The molecule has 0 bridgehead atoms. The molecule has 88 valence electrons. The van der Waals surface area contributed by atoms with Gasteiger partial charge in [-0.25, -0.2) is 0 Å². The Bertz CT molecular complexity index is 342. The highest BCUT2D eigenvalue weighted by Crippen LogP contribution is 2.26. The molecule has 2 atom stereocenters. The lowest BCUT2D eigenvalue weighted by molar-refractivity contribution is 0.0664. The van der Waals surface area contributed by atoms with Crippen LogP contribution in [0, 0.1) is 0 Å². The lowest BCUT2D eigenvalue weighted by Gasteiger charge is -2.17. The predicted octanol–water partition coefficient (Wildman–Crippen LogP) is 3.17. The molecule has 0 spiro atoms. The van der Waals surface area contributed by atoms with Crippen molar-refractivity contribution in [2.75, 3.05) is 13.2 Å². The maximum Gasteiger partial charge on any atom is 0.0963 e. The minimum absolute atomic E-state index is 0.0882. The van der Waals surface area contributed by atoms with E-state index in [1.807, 2.05) is 24.3 Å². The average molecular weight is 240 g/mol. The summed E-state index contributed by atoms with van der Waals surface area (Å²) in [5, 5.41) is 4.32. The molecule has 2 nitrogen and oxygen atoms in total. The summed E-state index contributed by atoms with van der Waals surface area (Å²) in [5.41, 5.74) is 1.09. The molecule has 2 rings (SSSR count). The molecule has 0 saturated carbocycles. The summed E-state index contributed by atoms with van der Waals surface area (Å²) in [6.07, 6.45) is 2.32. The van der Waals surface area contributed by atoms with Crippen molar-refractivity contribution in [3.63, 3.8) is 0 Å². The lowest BCUT2D eigenvalue weighted by Crippen LogP contribution is -2.29. The standard InChI is InChI=1S/C13H18ClNO/c1-2-10-7-8-16-13(9-15-10)11-5-3-4-6-12(11)14/h3-6,10,13,15H,2,7-9H2,1H3. The van der Waals surface area contributed by atoms with Gasteiger partial charge in [-0.3, -0.25) is 0 Å². The Hall–Kier alpha value is -0.570. The van der Waals surface area contributed by atoms with Gasteiger partial charge in [0.2, 0.25) is 0 Å². The van der Waals surface area contributed by atoms with Crippen molar-refractivity contribution >= 4 is 11.6 Å². The largest absolute Gasteiger partial charge is 0.372 e. The highest BCUT2D eigenvalue weighted by Gasteiger charge is 2.20. The van der Waals surface area contributed by atoms with Crippen molar-refractivity contribution in [3.8, 4) is 0 Å². The molecule has 1 heterocycles. The molecule has 1 aromatic rings. The highest BCUT2D eigenvalue weighted by atomic mass is 35.5. The van der Waals surface area contributed by atoms with Crippen LogP contribution in [0.15, 0.2) is 24.3 Å². The lowest BCUT2D eigenvalue weighted by atomic mass is 10.1. The van der Waals surface area contributed by atoms with Gasteiger partial charge >= 0.3 is 0 Å². The van der Waals surface area contributed by atoms with E-state index in [1.165, 1.54) is 0 Å². The second-order valence-corrected chi connectivity index (χ2v) is 4.59. The summed E-state index contributed by atoms with van der Waals surface area (Å²) < 4.78 is 5.85. The number of hydrogen-bond donors (Lipinski definition) is 1. The third-order valence-corrected chi connectivity index (χ3v) is 3.47. The molecule has 1 fully saturated rings. The number of halogens is 1. The third kappa shape index (κ3) is 2.76. The zero-order valence-electron chi connectivity index (χ0n) is 9.58. The summed E-state index contributed by atoms with van der Waals surface area (Å²) in [4.78, 5) is 0. The van der Waals surface area contributed by atoms with Gasteiger partial charge < -0.3 is 10.1 Å². The van der Waals surface area contributed by atoms with Crippen LogP contribution in [0.3, 0.4) is 0 Å². The summed E-state index contributed by atoms with van der Waals surface area (Å²) in [6.45, 7) is 3.86. The van der Waals surface area contributed by atoms with Crippen LogP contribution < -0.4 is 5.32 Å². The van der Waals surface area contributed by atoms with Gasteiger partial charge in [-0.05, 0) is 18.9 Å². The molecule has 16 heavy (non-hydrogen) atoms. The fourth-order valence-electron chi connectivity index (χ4n) is 2.07. The third-order valence-electron chi connectivity index (χ3n) is 3.12. The van der Waals surface area contributed by atoms with E-state index < -0.39 is 0 Å². The zero-order chi connectivity index (χ0) is 11.4. The smallest absolute Gasteiger partial charge is 0.0963 e. The number of hydrogen-bond acceptors (Lipinski definition) is 2. The Morgan fingerprint density at radius 1 is 1.44 bits per heavy atom. The van der Waals surface area contributed by atoms with E-state index in [0.29, 0.717) is 6.04 Å². The van der Waals surface area contributed by atoms with Gasteiger partial charge in [-0.15, -0.1) is 0 Å². The first kappa shape index (κ1) is 11.9. The normalized spacial score (nSPS) is 26.4. The number of ether oxygens (including phenoxy) is 1. The molecule has 1 aromatic carbocycles. The van der Waals surface area contributed by atoms with Crippen LogP contribution in [0.25, 0.3) is 0 Å². The molecular weight excluding hydrogens is 222 g/mol. The van der Waals surface area contributed by atoms with E-state index in [0.717, 1.165) is 36.6 Å². The maximum absolute atomic E-state index is 6.17. The molecule has 0 aliphatic carbocycles. The van der Waals surface area contributed by atoms with E-state index in [9.17, 15) is 0 Å². The second kappa shape index (κ2) is 5.67.